The molecule has 43 heavy (non-hydrogen) atoms. The first-order valence-electron chi connectivity index (χ1n) is 14.5. The Morgan fingerprint density at radius 3 is 2.60 bits per heavy atom. The Bertz CT molecular complexity index is 1590. The van der Waals surface area contributed by atoms with Gasteiger partial charge in [-0.1, -0.05) is 92.0 Å². The zero-order valence-corrected chi connectivity index (χ0v) is 26.2. The highest BCUT2D eigenvalue weighted by atomic mass is 35.5. The monoisotopic (exact) mass is 617 g/mol. The predicted molar refractivity (Wildman–Crippen MR) is 173 cm³/mol. The quantitative estimate of drug-likeness (QED) is 0.116. The molecule has 10 heteroatoms. The number of unbranched alkanes of at least 4 members (excludes halogenated alkanes) is 3. The molecule has 2 N–H and O–H groups in total. The highest BCUT2D eigenvalue weighted by Gasteiger charge is 2.35. The van der Waals surface area contributed by atoms with Crippen LogP contribution in [-0.4, -0.2) is 34.4 Å². The number of hydrogen-bond acceptors (Lipinski definition) is 7. The van der Waals surface area contributed by atoms with Crippen molar-refractivity contribution in [3.8, 4) is 11.5 Å². The molecule has 1 aliphatic rings. The Morgan fingerprint density at radius 1 is 1.05 bits per heavy atom. The Hall–Kier alpha value is -3.95. The molecular weight excluding hydrogens is 582 g/mol. The summed E-state index contributed by atoms with van der Waals surface area (Å²) in [4.78, 5) is 18.6. The second kappa shape index (κ2) is 14.5. The van der Waals surface area contributed by atoms with Gasteiger partial charge in [-0.15, -0.1) is 5.10 Å². The topological polar surface area (TPSA) is 90.3 Å². The number of nitrogens with one attached hydrogen (secondary N) is 2. The molecule has 8 nitrogen and oxygen atoms in total. The normalized spacial score (nSPS) is 14.2. The first kappa shape index (κ1) is 30.5. The van der Waals surface area contributed by atoms with Gasteiger partial charge in [-0.25, -0.2) is 4.68 Å². The Labute approximate surface area is 261 Å². The molecule has 0 fully saturated rings. The van der Waals surface area contributed by atoms with Gasteiger partial charge < -0.3 is 20.1 Å². The van der Waals surface area contributed by atoms with Crippen LogP contribution in [0.2, 0.25) is 5.02 Å². The molecule has 224 valence electrons. The molecule has 0 radical (unpaired) electrons. The van der Waals surface area contributed by atoms with Crippen molar-refractivity contribution in [2.24, 2.45) is 0 Å². The number of thioether (sulfide) groups is 1. The van der Waals surface area contributed by atoms with Gasteiger partial charge >= 0.3 is 0 Å². The molecule has 1 aliphatic heterocycles. The number of benzene rings is 3. The Kier molecular flexibility index (Phi) is 10.3. The highest BCUT2D eigenvalue weighted by molar-refractivity contribution is 7.98. The minimum absolute atomic E-state index is 0.233. The summed E-state index contributed by atoms with van der Waals surface area (Å²) in [6, 6.07) is 22.4. The third-order valence-electron chi connectivity index (χ3n) is 7.18. The number of allylic oxidation sites excluding steroid dienone is 1. The van der Waals surface area contributed by atoms with Crippen molar-refractivity contribution < 1.29 is 14.3 Å². The van der Waals surface area contributed by atoms with E-state index in [2.05, 4.69) is 17.6 Å². The van der Waals surface area contributed by atoms with Crippen molar-refractivity contribution in [3.05, 3.63) is 100 Å². The first-order chi connectivity index (χ1) is 21.0. The molecule has 1 unspecified atom stereocenters. The molecule has 4 aromatic rings. The lowest BCUT2D eigenvalue weighted by atomic mass is 9.94. The van der Waals surface area contributed by atoms with Gasteiger partial charge in [-0.2, -0.15) is 4.98 Å². The van der Waals surface area contributed by atoms with Crippen molar-refractivity contribution in [3.63, 3.8) is 0 Å². The molecule has 0 aliphatic carbocycles. The van der Waals surface area contributed by atoms with Gasteiger partial charge in [-0.3, -0.25) is 4.79 Å². The summed E-state index contributed by atoms with van der Waals surface area (Å²) in [5.41, 5.74) is 3.74. The van der Waals surface area contributed by atoms with Crippen LogP contribution < -0.4 is 20.1 Å². The summed E-state index contributed by atoms with van der Waals surface area (Å²) in [5, 5.41) is 12.5. The molecule has 2 heterocycles. The zero-order valence-electron chi connectivity index (χ0n) is 24.6. The number of aromatic nitrogens is 3. The maximum atomic E-state index is 13.8. The Balaban J connectivity index is 1.47. The molecule has 1 amide bonds. The molecule has 0 saturated carbocycles. The van der Waals surface area contributed by atoms with E-state index in [1.54, 1.807) is 11.8 Å². The highest BCUT2D eigenvalue weighted by Crippen LogP contribution is 2.40. The molecular formula is C33H36ClN5O3S. The maximum Gasteiger partial charge on any atom is 0.255 e. The summed E-state index contributed by atoms with van der Waals surface area (Å²) in [6.07, 6.45) is 4.47. The van der Waals surface area contributed by atoms with Crippen LogP contribution in [0.4, 0.5) is 11.6 Å². The second-order valence-electron chi connectivity index (χ2n) is 10.2. The summed E-state index contributed by atoms with van der Waals surface area (Å²) in [6.45, 7) is 4.69. The van der Waals surface area contributed by atoms with Crippen LogP contribution in [0.1, 0.15) is 56.7 Å². The van der Waals surface area contributed by atoms with Gasteiger partial charge in [0.05, 0.1) is 19.3 Å². The molecule has 0 saturated heterocycles. The van der Waals surface area contributed by atoms with E-state index in [0.29, 0.717) is 56.9 Å². The third kappa shape index (κ3) is 7.35. The van der Waals surface area contributed by atoms with E-state index in [1.165, 1.54) is 24.6 Å². The van der Waals surface area contributed by atoms with Crippen molar-refractivity contribution in [2.75, 3.05) is 24.4 Å². The number of amides is 1. The van der Waals surface area contributed by atoms with Crippen LogP contribution in [0.15, 0.2) is 89.2 Å². The predicted octanol–water partition coefficient (Wildman–Crippen LogP) is 8.12. The average Bonchev–Trinajstić information content (AvgIpc) is 3.42. The van der Waals surface area contributed by atoms with Crippen LogP contribution in [0, 0.1) is 0 Å². The number of ether oxygens (including phenoxy) is 2. The number of nitrogens with zero attached hydrogens (tertiary/aromatic N) is 3. The van der Waals surface area contributed by atoms with E-state index >= 15 is 0 Å². The average molecular weight is 618 g/mol. The SMILES string of the molecule is CCCCCCOc1ccc(C2C(C(=O)Nc3ccccc3)=C(C)Nc3nc(SCc4ccccc4Cl)nn32)cc1OC. The van der Waals surface area contributed by atoms with E-state index in [0.717, 1.165) is 24.0 Å². The molecule has 3 aromatic carbocycles. The second-order valence-corrected chi connectivity index (χ2v) is 11.6. The minimum Gasteiger partial charge on any atom is -0.493 e. The van der Waals surface area contributed by atoms with Gasteiger partial charge in [0.25, 0.3) is 5.91 Å². The van der Waals surface area contributed by atoms with Gasteiger partial charge in [-0.05, 0) is 54.8 Å². The molecule has 5 rings (SSSR count). The van der Waals surface area contributed by atoms with E-state index in [1.807, 2.05) is 79.7 Å². The minimum atomic E-state index is -0.561. The number of halogens is 1. The van der Waals surface area contributed by atoms with Crippen LogP contribution >= 0.6 is 23.4 Å². The van der Waals surface area contributed by atoms with Crippen molar-refractivity contribution in [1.29, 1.82) is 0 Å². The van der Waals surface area contributed by atoms with Crippen LogP contribution in [0.25, 0.3) is 0 Å². The van der Waals surface area contributed by atoms with Gasteiger partial charge in [0.2, 0.25) is 11.1 Å². The molecule has 1 aromatic heterocycles. The lowest BCUT2D eigenvalue weighted by Crippen LogP contribution is -2.31. The van der Waals surface area contributed by atoms with E-state index in [-0.39, 0.29) is 5.91 Å². The standard InChI is InChI=1S/C33H36ClN5O3S/c1-4-5-6-12-19-42-27-18-17-23(20-28(27)41-3)30-29(31(40)36-25-14-8-7-9-15-25)22(2)35-32-37-33(38-39(30)32)43-21-24-13-10-11-16-26(24)34/h7-11,13-18,20,30H,4-6,12,19,21H2,1-3H3,(H,36,40)(H,35,37,38). The fourth-order valence-corrected chi connectivity index (χ4v) is 6.07. The van der Waals surface area contributed by atoms with Crippen LogP contribution in [-0.2, 0) is 10.5 Å². The number of fused-ring (bicyclic) bond motifs is 1. The van der Waals surface area contributed by atoms with E-state index in [9.17, 15) is 4.79 Å². The number of anilines is 2. The molecule has 0 spiro atoms. The number of carbonyl (C=O) groups excluding carboxylic acids is 1. The van der Waals surface area contributed by atoms with Crippen molar-refractivity contribution in [1.82, 2.24) is 14.8 Å². The van der Waals surface area contributed by atoms with Crippen molar-refractivity contribution >= 4 is 40.9 Å². The van der Waals surface area contributed by atoms with Gasteiger partial charge in [0.15, 0.2) is 11.5 Å². The fourth-order valence-electron chi connectivity index (χ4n) is 4.96. The summed E-state index contributed by atoms with van der Waals surface area (Å²) in [5.74, 6) is 2.20. The number of hydrogen-bond donors (Lipinski definition) is 2. The summed E-state index contributed by atoms with van der Waals surface area (Å²) < 4.78 is 13.6. The maximum absolute atomic E-state index is 13.8. The lowest BCUT2D eigenvalue weighted by Gasteiger charge is -2.29. The molecule has 1 atom stereocenters. The smallest absolute Gasteiger partial charge is 0.255 e. The van der Waals surface area contributed by atoms with Gasteiger partial charge in [0.1, 0.15) is 6.04 Å². The number of methoxy groups -OCH3 is 1. The van der Waals surface area contributed by atoms with E-state index < -0.39 is 6.04 Å². The third-order valence-corrected chi connectivity index (χ3v) is 8.44. The fraction of sp³-hybridized carbons (Fsp3) is 0.303. The van der Waals surface area contributed by atoms with E-state index in [4.69, 9.17) is 31.2 Å². The largest absolute Gasteiger partial charge is 0.493 e. The van der Waals surface area contributed by atoms with Crippen molar-refractivity contribution in [2.45, 2.75) is 56.5 Å². The van der Waals surface area contributed by atoms with Crippen LogP contribution in [0.5, 0.6) is 11.5 Å². The lowest BCUT2D eigenvalue weighted by molar-refractivity contribution is -0.113. The summed E-state index contributed by atoms with van der Waals surface area (Å²) >= 11 is 7.87. The van der Waals surface area contributed by atoms with Crippen LogP contribution in [0.3, 0.4) is 0 Å². The van der Waals surface area contributed by atoms with Gasteiger partial charge in [0, 0.05) is 22.2 Å². The molecule has 0 bridgehead atoms. The first-order valence-corrected chi connectivity index (χ1v) is 15.8. The number of carbonyl (C=O) groups is 1. The number of para-hydroxylation sites is 1. The Morgan fingerprint density at radius 2 is 1.84 bits per heavy atom. The summed E-state index contributed by atoms with van der Waals surface area (Å²) in [7, 11) is 1.62. The zero-order chi connectivity index (χ0) is 30.2. The number of rotatable bonds is 13.